The molecule has 0 saturated carbocycles. The molecule has 2 aliphatic rings. The van der Waals surface area contributed by atoms with Crippen molar-refractivity contribution in [3.05, 3.63) is 72.3 Å². The van der Waals surface area contributed by atoms with Crippen molar-refractivity contribution in [1.29, 1.82) is 0 Å². The van der Waals surface area contributed by atoms with Gasteiger partial charge in [0, 0.05) is 4.90 Å². The summed E-state index contributed by atoms with van der Waals surface area (Å²) in [5.74, 6) is -0.441. The molecule has 3 aromatic rings. The standard InChI is InChI=1S/C21H15NO2S/c23-20-17-11-15-10-13-6-4-5-7-14(13)12-18(15)25-19(17)21(24)22(20)16-8-2-1-3-9-16/h1-10,12,17,19H,11H2/t17-,19+/m0/s1. The zero-order valence-electron chi connectivity index (χ0n) is 13.4. The van der Waals surface area contributed by atoms with Crippen LogP contribution in [0.4, 0.5) is 5.69 Å². The first-order valence-corrected chi connectivity index (χ1v) is 9.21. The van der Waals surface area contributed by atoms with E-state index in [-0.39, 0.29) is 23.0 Å². The lowest BCUT2D eigenvalue weighted by molar-refractivity contribution is -0.122. The minimum Gasteiger partial charge on any atom is -0.274 e. The maximum absolute atomic E-state index is 12.9. The van der Waals surface area contributed by atoms with Crippen LogP contribution in [0.15, 0.2) is 71.6 Å². The molecule has 0 unspecified atom stereocenters. The third-order valence-corrected chi connectivity index (χ3v) is 6.42. The first kappa shape index (κ1) is 14.7. The number of carbonyl (C=O) groups is 2. The Kier molecular flexibility index (Phi) is 3.22. The van der Waals surface area contributed by atoms with Gasteiger partial charge in [0.15, 0.2) is 0 Å². The SMILES string of the molecule is O=C1[C@H]2Cc3cc4ccccc4cc3S[C@H]2C(=O)N1c1ccccc1. The predicted octanol–water partition coefficient (Wildman–Crippen LogP) is 4.05. The lowest BCUT2D eigenvalue weighted by Gasteiger charge is -2.24. The number of imide groups is 1. The Bertz CT molecular complexity index is 952. The fourth-order valence-electron chi connectivity index (χ4n) is 3.77. The Morgan fingerprint density at radius 1 is 0.840 bits per heavy atom. The molecular formula is C21H15NO2S. The molecule has 1 saturated heterocycles. The molecule has 0 spiro atoms. The van der Waals surface area contributed by atoms with Crippen LogP contribution in [-0.4, -0.2) is 17.1 Å². The van der Waals surface area contributed by atoms with E-state index in [1.54, 1.807) is 11.8 Å². The molecule has 0 radical (unpaired) electrons. The number of carbonyl (C=O) groups excluding carboxylic acids is 2. The molecule has 122 valence electrons. The smallest absolute Gasteiger partial charge is 0.248 e. The van der Waals surface area contributed by atoms with Crippen molar-refractivity contribution in [1.82, 2.24) is 0 Å². The number of amides is 2. The van der Waals surface area contributed by atoms with E-state index in [0.717, 1.165) is 4.90 Å². The normalized spacial score (nSPS) is 22.2. The molecule has 0 bridgehead atoms. The number of hydrogen-bond acceptors (Lipinski definition) is 3. The molecule has 3 nitrogen and oxygen atoms in total. The summed E-state index contributed by atoms with van der Waals surface area (Å²) in [7, 11) is 0. The Balaban J connectivity index is 1.56. The summed E-state index contributed by atoms with van der Waals surface area (Å²) in [6, 6.07) is 21.8. The topological polar surface area (TPSA) is 37.4 Å². The molecule has 0 aromatic heterocycles. The Morgan fingerprint density at radius 3 is 2.28 bits per heavy atom. The van der Waals surface area contributed by atoms with Gasteiger partial charge in [0.05, 0.1) is 11.6 Å². The van der Waals surface area contributed by atoms with Gasteiger partial charge >= 0.3 is 0 Å². The van der Waals surface area contributed by atoms with E-state index in [1.165, 1.54) is 21.2 Å². The Hall–Kier alpha value is -2.59. The predicted molar refractivity (Wildman–Crippen MR) is 99.7 cm³/mol. The van der Waals surface area contributed by atoms with Crippen LogP contribution in [0.2, 0.25) is 0 Å². The van der Waals surface area contributed by atoms with Crippen LogP contribution in [-0.2, 0) is 16.0 Å². The second-order valence-electron chi connectivity index (χ2n) is 6.50. The van der Waals surface area contributed by atoms with Crippen molar-refractivity contribution in [3.63, 3.8) is 0 Å². The molecule has 4 heteroatoms. The molecule has 5 rings (SSSR count). The van der Waals surface area contributed by atoms with Gasteiger partial charge < -0.3 is 0 Å². The zero-order valence-corrected chi connectivity index (χ0v) is 14.2. The maximum Gasteiger partial charge on any atom is 0.248 e. The van der Waals surface area contributed by atoms with E-state index in [1.807, 2.05) is 42.5 Å². The summed E-state index contributed by atoms with van der Waals surface area (Å²) in [5.41, 5.74) is 1.84. The average molecular weight is 345 g/mol. The number of rotatable bonds is 1. The number of benzene rings is 3. The van der Waals surface area contributed by atoms with Crippen molar-refractivity contribution in [2.75, 3.05) is 4.90 Å². The van der Waals surface area contributed by atoms with Gasteiger partial charge in [-0.05, 0) is 41.0 Å². The van der Waals surface area contributed by atoms with Crippen LogP contribution in [0.1, 0.15) is 5.56 Å². The summed E-state index contributed by atoms with van der Waals surface area (Å²) < 4.78 is 0. The van der Waals surface area contributed by atoms with E-state index < -0.39 is 0 Å². The quantitative estimate of drug-likeness (QED) is 0.625. The zero-order chi connectivity index (χ0) is 17.0. The maximum atomic E-state index is 12.9. The van der Waals surface area contributed by atoms with Crippen LogP contribution in [0.3, 0.4) is 0 Å². The van der Waals surface area contributed by atoms with Crippen molar-refractivity contribution >= 4 is 40.0 Å². The highest BCUT2D eigenvalue weighted by atomic mass is 32.2. The van der Waals surface area contributed by atoms with E-state index in [4.69, 9.17) is 0 Å². The molecule has 3 aromatic carbocycles. The molecule has 2 atom stereocenters. The fourth-order valence-corrected chi connectivity index (χ4v) is 5.12. The molecule has 1 fully saturated rings. The lowest BCUT2D eigenvalue weighted by atomic mass is 9.95. The van der Waals surface area contributed by atoms with Gasteiger partial charge in [-0.15, -0.1) is 11.8 Å². The highest BCUT2D eigenvalue weighted by Crippen LogP contribution is 2.45. The van der Waals surface area contributed by atoms with Gasteiger partial charge in [-0.2, -0.15) is 0 Å². The first-order valence-electron chi connectivity index (χ1n) is 8.33. The number of nitrogens with zero attached hydrogens (tertiary/aromatic N) is 1. The Morgan fingerprint density at radius 2 is 1.52 bits per heavy atom. The van der Waals surface area contributed by atoms with Crippen LogP contribution < -0.4 is 4.90 Å². The minimum atomic E-state index is -0.318. The molecule has 25 heavy (non-hydrogen) atoms. The number of para-hydroxylation sites is 1. The summed E-state index contributed by atoms with van der Waals surface area (Å²) in [6.45, 7) is 0. The van der Waals surface area contributed by atoms with Crippen LogP contribution in [0.25, 0.3) is 10.8 Å². The first-order chi connectivity index (χ1) is 12.2. The minimum absolute atomic E-state index is 0.0764. The monoisotopic (exact) mass is 345 g/mol. The molecule has 2 amide bonds. The van der Waals surface area contributed by atoms with Crippen LogP contribution >= 0.6 is 11.8 Å². The second-order valence-corrected chi connectivity index (χ2v) is 7.69. The van der Waals surface area contributed by atoms with Gasteiger partial charge in [0.25, 0.3) is 0 Å². The molecule has 0 aliphatic carbocycles. The van der Waals surface area contributed by atoms with Crippen molar-refractivity contribution in [2.45, 2.75) is 16.6 Å². The number of fused-ring (bicyclic) bond motifs is 3. The van der Waals surface area contributed by atoms with Gasteiger partial charge in [0.2, 0.25) is 11.8 Å². The summed E-state index contributed by atoms with van der Waals surface area (Å²) in [4.78, 5) is 28.3. The number of anilines is 1. The number of hydrogen-bond donors (Lipinski definition) is 0. The van der Waals surface area contributed by atoms with E-state index in [0.29, 0.717) is 12.1 Å². The highest BCUT2D eigenvalue weighted by Gasteiger charge is 2.50. The highest BCUT2D eigenvalue weighted by molar-refractivity contribution is 8.00. The van der Waals surface area contributed by atoms with Crippen molar-refractivity contribution in [3.8, 4) is 0 Å². The van der Waals surface area contributed by atoms with Gasteiger partial charge in [0.1, 0.15) is 5.25 Å². The summed E-state index contributed by atoms with van der Waals surface area (Å²) in [6.07, 6.45) is 0.631. The number of thioether (sulfide) groups is 1. The molecular weight excluding hydrogens is 330 g/mol. The van der Waals surface area contributed by atoms with E-state index >= 15 is 0 Å². The summed E-state index contributed by atoms with van der Waals surface area (Å²) in [5, 5.41) is 2.03. The van der Waals surface area contributed by atoms with Gasteiger partial charge in [-0.3, -0.25) is 9.59 Å². The van der Waals surface area contributed by atoms with E-state index in [2.05, 4.69) is 24.3 Å². The molecule has 2 heterocycles. The van der Waals surface area contributed by atoms with Crippen LogP contribution in [0, 0.1) is 5.92 Å². The largest absolute Gasteiger partial charge is 0.274 e. The lowest BCUT2D eigenvalue weighted by Crippen LogP contribution is -2.31. The third kappa shape index (κ3) is 2.21. The van der Waals surface area contributed by atoms with Gasteiger partial charge in [-0.1, -0.05) is 48.5 Å². The Labute approximate surface area is 149 Å². The summed E-state index contributed by atoms with van der Waals surface area (Å²) >= 11 is 1.54. The second kappa shape index (κ2) is 5.46. The average Bonchev–Trinajstić information content (AvgIpc) is 2.89. The third-order valence-electron chi connectivity index (χ3n) is 5.00. The molecule has 0 N–H and O–H groups in total. The van der Waals surface area contributed by atoms with Crippen molar-refractivity contribution in [2.24, 2.45) is 5.92 Å². The van der Waals surface area contributed by atoms with Gasteiger partial charge in [-0.25, -0.2) is 4.90 Å². The van der Waals surface area contributed by atoms with E-state index in [9.17, 15) is 9.59 Å². The van der Waals surface area contributed by atoms with Crippen molar-refractivity contribution < 1.29 is 9.59 Å². The van der Waals surface area contributed by atoms with Crippen LogP contribution in [0.5, 0.6) is 0 Å². The molecule has 2 aliphatic heterocycles. The fraction of sp³-hybridized carbons (Fsp3) is 0.143.